The maximum atomic E-state index is 8.25. The molecule has 0 fully saturated rings. The van der Waals surface area contributed by atoms with Crippen LogP contribution in [-0.2, 0) is 0 Å². The molecule has 0 radical (unpaired) electrons. The van der Waals surface area contributed by atoms with Gasteiger partial charge < -0.3 is 15.3 Å². The van der Waals surface area contributed by atoms with Gasteiger partial charge >= 0.3 is 21.2 Å². The molecule has 0 N–H and O–H groups in total. The Balaban J connectivity index is 0.000000239. The molecule has 86 valence electrons. The first-order chi connectivity index (χ1) is 8.18. The van der Waals surface area contributed by atoms with Crippen molar-refractivity contribution in [2.24, 2.45) is 0 Å². The van der Waals surface area contributed by atoms with Gasteiger partial charge in [-0.1, -0.05) is 24.3 Å². The molecule has 0 saturated heterocycles. The molecular weight excluding hydrogens is 333 g/mol. The molecule has 0 aliphatic carbocycles. The number of hydrogen-bond acceptors (Lipinski definition) is 3. The van der Waals surface area contributed by atoms with Crippen LogP contribution in [0.15, 0.2) is 48.5 Å². The van der Waals surface area contributed by atoms with Crippen LogP contribution in [0.25, 0.3) is 11.1 Å². The summed E-state index contributed by atoms with van der Waals surface area (Å²) in [4.78, 5) is 8.25. The molecule has 2 aromatic rings. The Kier molecular flexibility index (Phi) is 3.58. The SMILES string of the molecule is O=[N+]([O-])[O-].c1ccc2c(c1)[I+]c1ccccc1-2. The molecule has 17 heavy (non-hydrogen) atoms. The van der Waals surface area contributed by atoms with Crippen molar-refractivity contribution >= 4 is 0 Å². The Morgan fingerprint density at radius 2 is 1.18 bits per heavy atom. The molecule has 0 bridgehead atoms. The summed E-state index contributed by atoms with van der Waals surface area (Å²) in [7, 11) is 0. The fourth-order valence-electron chi connectivity index (χ4n) is 1.63. The Labute approximate surface area is 108 Å². The van der Waals surface area contributed by atoms with Crippen LogP contribution in [0.1, 0.15) is 0 Å². The average molecular weight is 341 g/mol. The standard InChI is InChI=1S/C12H8I.NO3/c1-3-7-11-9(5-1)10-6-2-4-8-12(10)13-11;2-1(3)4/h1-8H;/q+1;-1. The second-order valence-corrected chi connectivity index (χ2v) is 6.14. The lowest BCUT2D eigenvalue weighted by Gasteiger charge is -1.91. The molecular formula is C12H8INO3. The molecule has 1 heterocycles. The van der Waals surface area contributed by atoms with Gasteiger partial charge in [-0.15, -0.1) is 0 Å². The molecule has 0 saturated carbocycles. The quantitative estimate of drug-likeness (QED) is 0.316. The highest BCUT2D eigenvalue weighted by atomic mass is 127. The highest BCUT2D eigenvalue weighted by Gasteiger charge is 2.31. The summed E-state index contributed by atoms with van der Waals surface area (Å²) < 4.78 is 3.14. The van der Waals surface area contributed by atoms with Gasteiger partial charge in [0.05, 0.1) is 5.09 Å². The van der Waals surface area contributed by atoms with E-state index in [0.29, 0.717) is 0 Å². The van der Waals surface area contributed by atoms with Crippen LogP contribution in [0.4, 0.5) is 0 Å². The van der Waals surface area contributed by atoms with Gasteiger partial charge in [-0.3, -0.25) is 0 Å². The number of halogens is 1. The molecule has 2 aromatic carbocycles. The van der Waals surface area contributed by atoms with E-state index in [1.807, 2.05) is 0 Å². The summed E-state index contributed by atoms with van der Waals surface area (Å²) in [5, 5.41) is 14.8. The van der Waals surface area contributed by atoms with Crippen molar-refractivity contribution in [1.82, 2.24) is 0 Å². The van der Waals surface area contributed by atoms with E-state index in [0.717, 1.165) is 0 Å². The summed E-state index contributed by atoms with van der Waals surface area (Å²) in [6.07, 6.45) is 0. The molecule has 5 heteroatoms. The second-order valence-electron chi connectivity index (χ2n) is 3.28. The van der Waals surface area contributed by atoms with Gasteiger partial charge in [-0.25, -0.2) is 0 Å². The van der Waals surface area contributed by atoms with Gasteiger partial charge in [0.25, 0.3) is 0 Å². The summed E-state index contributed by atoms with van der Waals surface area (Å²) in [5.41, 5.74) is 2.93. The normalized spacial score (nSPS) is 10.8. The lowest BCUT2D eigenvalue weighted by atomic mass is 10.1. The van der Waals surface area contributed by atoms with Gasteiger partial charge in [0, 0.05) is 11.1 Å². The van der Waals surface area contributed by atoms with Crippen molar-refractivity contribution in [3.8, 4) is 11.1 Å². The summed E-state index contributed by atoms with van der Waals surface area (Å²) in [5.74, 6) is 0. The predicted octanol–water partition coefficient (Wildman–Crippen LogP) is -0.444. The highest BCUT2D eigenvalue weighted by Crippen LogP contribution is 2.21. The van der Waals surface area contributed by atoms with Crippen LogP contribution in [0.2, 0.25) is 0 Å². The van der Waals surface area contributed by atoms with E-state index in [1.54, 1.807) is 7.14 Å². The van der Waals surface area contributed by atoms with Gasteiger partial charge in [0.15, 0.2) is 0 Å². The third-order valence-corrected chi connectivity index (χ3v) is 5.29. The van der Waals surface area contributed by atoms with E-state index >= 15 is 0 Å². The van der Waals surface area contributed by atoms with Crippen LogP contribution in [-0.4, -0.2) is 5.09 Å². The Morgan fingerprint density at radius 1 is 0.824 bits per heavy atom. The van der Waals surface area contributed by atoms with Gasteiger partial charge in [-0.05, 0) is 24.3 Å². The third kappa shape index (κ3) is 2.73. The summed E-state index contributed by atoms with van der Waals surface area (Å²) in [6.45, 7) is 0. The monoisotopic (exact) mass is 341 g/mol. The van der Waals surface area contributed by atoms with Crippen LogP contribution in [0.3, 0.4) is 0 Å². The largest absolute Gasteiger partial charge is 0.359 e. The first kappa shape index (κ1) is 11.8. The molecule has 1 aliphatic rings. The molecule has 0 spiro atoms. The molecule has 0 amide bonds. The van der Waals surface area contributed by atoms with E-state index in [4.69, 9.17) is 15.3 Å². The van der Waals surface area contributed by atoms with Crippen molar-refractivity contribution in [3.63, 3.8) is 0 Å². The molecule has 0 atom stereocenters. The fourth-order valence-corrected chi connectivity index (χ4v) is 4.56. The zero-order valence-electron chi connectivity index (χ0n) is 8.67. The number of nitrogens with zero attached hydrogens (tertiary/aromatic N) is 1. The van der Waals surface area contributed by atoms with Crippen LogP contribution < -0.4 is 21.2 Å². The van der Waals surface area contributed by atoms with E-state index in [1.165, 1.54) is 11.1 Å². The Morgan fingerprint density at radius 3 is 1.59 bits per heavy atom. The maximum absolute atomic E-state index is 8.25. The molecule has 0 aromatic heterocycles. The van der Waals surface area contributed by atoms with Gasteiger partial charge in [0.2, 0.25) is 7.14 Å². The van der Waals surface area contributed by atoms with Crippen molar-refractivity contribution in [3.05, 3.63) is 71.0 Å². The summed E-state index contributed by atoms with van der Waals surface area (Å²) in [6, 6.07) is 17.6. The molecule has 1 aliphatic heterocycles. The van der Waals surface area contributed by atoms with Gasteiger partial charge in [-0.2, -0.15) is 0 Å². The Hall–Kier alpha value is -1.63. The van der Waals surface area contributed by atoms with E-state index in [9.17, 15) is 0 Å². The van der Waals surface area contributed by atoms with E-state index < -0.39 is 5.09 Å². The smallest absolute Gasteiger partial charge is 0.356 e. The first-order valence-electron chi connectivity index (χ1n) is 4.83. The number of hydrogen-bond donors (Lipinski definition) is 0. The number of benzene rings is 2. The summed E-state index contributed by atoms with van der Waals surface area (Å²) >= 11 is 0.103. The number of rotatable bonds is 0. The fraction of sp³-hybridized carbons (Fsp3) is 0. The number of fused-ring (bicyclic) bond motifs is 3. The average Bonchev–Trinajstić information content (AvgIpc) is 2.66. The first-order valence-corrected chi connectivity index (χ1v) is 6.99. The zero-order valence-corrected chi connectivity index (χ0v) is 10.8. The lowest BCUT2D eigenvalue weighted by Crippen LogP contribution is -3.61. The third-order valence-electron chi connectivity index (χ3n) is 2.24. The van der Waals surface area contributed by atoms with Crippen molar-refractivity contribution in [2.75, 3.05) is 0 Å². The zero-order chi connectivity index (χ0) is 12.3. The van der Waals surface area contributed by atoms with Crippen LogP contribution >= 0.6 is 0 Å². The minimum Gasteiger partial charge on any atom is -0.356 e. The predicted molar refractivity (Wildman–Crippen MR) is 59.6 cm³/mol. The van der Waals surface area contributed by atoms with Crippen molar-refractivity contribution in [2.45, 2.75) is 0 Å². The Bertz CT molecular complexity index is 509. The minimum absolute atomic E-state index is 0.103. The van der Waals surface area contributed by atoms with Crippen LogP contribution in [0.5, 0.6) is 0 Å². The van der Waals surface area contributed by atoms with Crippen molar-refractivity contribution in [1.29, 1.82) is 0 Å². The minimum atomic E-state index is -1.75. The van der Waals surface area contributed by atoms with E-state index in [2.05, 4.69) is 48.5 Å². The second kappa shape index (κ2) is 5.13. The molecule has 4 nitrogen and oxygen atoms in total. The lowest BCUT2D eigenvalue weighted by molar-refractivity contribution is -0.589. The molecule has 3 rings (SSSR count). The van der Waals surface area contributed by atoms with E-state index in [-0.39, 0.29) is 21.2 Å². The highest BCUT2D eigenvalue weighted by molar-refractivity contribution is 5.64. The molecule has 0 unspecified atom stereocenters. The topological polar surface area (TPSA) is 66.2 Å². The van der Waals surface area contributed by atoms with Crippen molar-refractivity contribution < 1.29 is 26.3 Å². The van der Waals surface area contributed by atoms with Gasteiger partial charge in [0.1, 0.15) is 0 Å². The van der Waals surface area contributed by atoms with Crippen LogP contribution in [0, 0.1) is 22.5 Å². The maximum Gasteiger partial charge on any atom is 0.359 e.